The van der Waals surface area contributed by atoms with Gasteiger partial charge in [-0.1, -0.05) is 30.3 Å². The Bertz CT molecular complexity index is 992. The zero-order valence-electron chi connectivity index (χ0n) is 16.8. The SMILES string of the molecule is Cc1cc(NC(=O)c2ccco2)sc1C(=O)N(Cc1ccccc1)CC1CCCO1. The third-order valence-electron chi connectivity index (χ3n) is 5.05. The summed E-state index contributed by atoms with van der Waals surface area (Å²) < 4.78 is 10.9. The number of benzene rings is 1. The maximum Gasteiger partial charge on any atom is 0.291 e. The van der Waals surface area contributed by atoms with E-state index in [9.17, 15) is 9.59 Å². The number of aryl methyl sites for hydroxylation is 1. The molecule has 3 heterocycles. The van der Waals surface area contributed by atoms with Crippen molar-refractivity contribution in [3.05, 3.63) is 76.6 Å². The van der Waals surface area contributed by atoms with Crippen LogP contribution in [-0.4, -0.2) is 36.0 Å². The molecule has 4 rings (SSSR count). The Morgan fingerprint density at radius 1 is 1.20 bits per heavy atom. The van der Waals surface area contributed by atoms with Crippen LogP contribution in [0.15, 0.2) is 59.2 Å². The van der Waals surface area contributed by atoms with Crippen molar-refractivity contribution in [1.29, 1.82) is 0 Å². The Hall–Kier alpha value is -2.90. The van der Waals surface area contributed by atoms with Gasteiger partial charge in [0.15, 0.2) is 5.76 Å². The summed E-state index contributed by atoms with van der Waals surface area (Å²) in [4.78, 5) is 28.2. The number of carbonyl (C=O) groups is 2. The fourth-order valence-electron chi connectivity index (χ4n) is 3.54. The van der Waals surface area contributed by atoms with Gasteiger partial charge in [0.25, 0.3) is 11.8 Å². The highest BCUT2D eigenvalue weighted by molar-refractivity contribution is 7.18. The van der Waals surface area contributed by atoms with Crippen LogP contribution in [0.25, 0.3) is 0 Å². The number of hydrogen-bond acceptors (Lipinski definition) is 5. The number of amides is 2. The molecule has 1 aromatic carbocycles. The monoisotopic (exact) mass is 424 g/mol. The van der Waals surface area contributed by atoms with E-state index in [1.54, 1.807) is 12.1 Å². The van der Waals surface area contributed by atoms with Gasteiger partial charge in [0, 0.05) is 19.7 Å². The lowest BCUT2D eigenvalue weighted by Gasteiger charge is -2.25. The topological polar surface area (TPSA) is 71.8 Å². The molecule has 0 spiro atoms. The van der Waals surface area contributed by atoms with E-state index in [2.05, 4.69) is 5.32 Å². The smallest absolute Gasteiger partial charge is 0.291 e. The van der Waals surface area contributed by atoms with Crippen molar-refractivity contribution in [2.45, 2.75) is 32.4 Å². The van der Waals surface area contributed by atoms with Crippen LogP contribution < -0.4 is 5.32 Å². The average molecular weight is 425 g/mol. The highest BCUT2D eigenvalue weighted by Gasteiger charge is 2.26. The van der Waals surface area contributed by atoms with Crippen molar-refractivity contribution in [3.63, 3.8) is 0 Å². The summed E-state index contributed by atoms with van der Waals surface area (Å²) in [5.41, 5.74) is 1.91. The minimum absolute atomic E-state index is 0.0460. The normalized spacial score (nSPS) is 15.8. The quantitative estimate of drug-likeness (QED) is 0.596. The average Bonchev–Trinajstić information content (AvgIpc) is 3.50. The number of furan rings is 1. The molecule has 7 heteroatoms. The second-order valence-electron chi connectivity index (χ2n) is 7.36. The van der Waals surface area contributed by atoms with Crippen LogP contribution in [0.5, 0.6) is 0 Å². The van der Waals surface area contributed by atoms with Crippen LogP contribution in [0.3, 0.4) is 0 Å². The molecule has 30 heavy (non-hydrogen) atoms. The van der Waals surface area contributed by atoms with E-state index in [4.69, 9.17) is 9.15 Å². The number of anilines is 1. The Labute approximate surface area is 179 Å². The van der Waals surface area contributed by atoms with Crippen LogP contribution in [-0.2, 0) is 11.3 Å². The third-order valence-corrected chi connectivity index (χ3v) is 6.19. The van der Waals surface area contributed by atoms with Gasteiger partial charge in [-0.3, -0.25) is 9.59 Å². The van der Waals surface area contributed by atoms with Crippen molar-refractivity contribution in [2.75, 3.05) is 18.5 Å². The molecule has 1 aliphatic heterocycles. The standard InChI is InChI=1S/C23H24N2O4S/c1-16-13-20(24-22(26)19-10-6-12-29-19)30-21(16)23(27)25(15-18-9-5-11-28-18)14-17-7-3-2-4-8-17/h2-4,6-8,10,12-13,18H,5,9,11,14-15H2,1H3,(H,24,26). The van der Waals surface area contributed by atoms with Gasteiger partial charge in [0.1, 0.15) is 0 Å². The van der Waals surface area contributed by atoms with Gasteiger partial charge >= 0.3 is 0 Å². The van der Waals surface area contributed by atoms with Crippen LogP contribution >= 0.6 is 11.3 Å². The first-order valence-electron chi connectivity index (χ1n) is 10.0. The highest BCUT2D eigenvalue weighted by atomic mass is 32.1. The summed E-state index contributed by atoms with van der Waals surface area (Å²) in [6.07, 6.45) is 3.51. The van der Waals surface area contributed by atoms with E-state index < -0.39 is 0 Å². The molecule has 2 aromatic heterocycles. The molecule has 1 N–H and O–H groups in total. The van der Waals surface area contributed by atoms with Gasteiger partial charge in [-0.05, 0) is 49.1 Å². The summed E-state index contributed by atoms with van der Waals surface area (Å²) >= 11 is 1.28. The van der Waals surface area contributed by atoms with Crippen LogP contribution in [0.2, 0.25) is 0 Å². The summed E-state index contributed by atoms with van der Waals surface area (Å²) in [6, 6.07) is 15.0. The molecule has 0 aliphatic carbocycles. The number of thiophene rings is 1. The molecule has 0 bridgehead atoms. The van der Waals surface area contributed by atoms with Crippen molar-refractivity contribution < 1.29 is 18.7 Å². The fraction of sp³-hybridized carbons (Fsp3) is 0.304. The van der Waals surface area contributed by atoms with Crippen LogP contribution in [0, 0.1) is 6.92 Å². The first-order chi connectivity index (χ1) is 14.6. The van der Waals surface area contributed by atoms with Crippen LogP contribution in [0.4, 0.5) is 5.00 Å². The second-order valence-corrected chi connectivity index (χ2v) is 8.41. The Morgan fingerprint density at radius 3 is 2.73 bits per heavy atom. The predicted octanol–water partition coefficient (Wildman–Crippen LogP) is 4.72. The molecule has 3 aromatic rings. The maximum absolute atomic E-state index is 13.4. The van der Waals surface area contributed by atoms with Crippen molar-refractivity contribution in [2.24, 2.45) is 0 Å². The lowest BCUT2D eigenvalue weighted by atomic mass is 10.1. The number of nitrogens with one attached hydrogen (secondary N) is 1. The summed E-state index contributed by atoms with van der Waals surface area (Å²) in [6.45, 7) is 3.71. The summed E-state index contributed by atoms with van der Waals surface area (Å²) in [7, 11) is 0. The Balaban J connectivity index is 1.52. The van der Waals surface area contributed by atoms with E-state index >= 15 is 0 Å². The summed E-state index contributed by atoms with van der Waals surface area (Å²) in [5.74, 6) is -0.144. The number of rotatable bonds is 7. The molecule has 2 amide bonds. The van der Waals surface area contributed by atoms with Gasteiger partial charge in [-0.25, -0.2) is 0 Å². The highest BCUT2D eigenvalue weighted by Crippen LogP contribution is 2.29. The minimum atomic E-state index is -0.333. The maximum atomic E-state index is 13.4. The summed E-state index contributed by atoms with van der Waals surface area (Å²) in [5, 5.41) is 3.43. The number of nitrogens with zero attached hydrogens (tertiary/aromatic N) is 1. The second kappa shape index (κ2) is 9.28. The zero-order chi connectivity index (χ0) is 20.9. The third kappa shape index (κ3) is 4.80. The van der Waals surface area contributed by atoms with Crippen molar-refractivity contribution in [3.8, 4) is 0 Å². The lowest BCUT2D eigenvalue weighted by molar-refractivity contribution is 0.0510. The van der Waals surface area contributed by atoms with E-state index in [1.165, 1.54) is 17.6 Å². The van der Waals surface area contributed by atoms with Gasteiger partial charge < -0.3 is 19.4 Å². The molecule has 1 saturated heterocycles. The molecular weight excluding hydrogens is 400 g/mol. The number of ether oxygens (including phenoxy) is 1. The van der Waals surface area contributed by atoms with E-state index in [0.717, 1.165) is 30.6 Å². The molecule has 156 valence electrons. The number of carbonyl (C=O) groups excluding carboxylic acids is 2. The molecule has 1 unspecified atom stereocenters. The van der Waals surface area contributed by atoms with Gasteiger partial charge in [0.05, 0.1) is 22.2 Å². The first kappa shape index (κ1) is 20.4. The molecular formula is C23H24N2O4S. The van der Waals surface area contributed by atoms with Gasteiger partial charge in [-0.15, -0.1) is 11.3 Å². The molecule has 0 radical (unpaired) electrons. The van der Waals surface area contributed by atoms with Crippen LogP contribution in [0.1, 0.15) is 44.2 Å². The molecule has 6 nitrogen and oxygen atoms in total. The molecule has 0 saturated carbocycles. The number of hydrogen-bond donors (Lipinski definition) is 1. The predicted molar refractivity (Wildman–Crippen MR) is 116 cm³/mol. The van der Waals surface area contributed by atoms with E-state index in [-0.39, 0.29) is 23.7 Å². The van der Waals surface area contributed by atoms with Gasteiger partial charge in [-0.2, -0.15) is 0 Å². The van der Waals surface area contributed by atoms with Crippen molar-refractivity contribution in [1.82, 2.24) is 4.90 Å². The Morgan fingerprint density at radius 2 is 2.03 bits per heavy atom. The molecule has 1 fully saturated rings. The minimum Gasteiger partial charge on any atom is -0.459 e. The van der Waals surface area contributed by atoms with Crippen molar-refractivity contribution >= 4 is 28.2 Å². The van der Waals surface area contributed by atoms with E-state index in [1.807, 2.05) is 48.2 Å². The first-order valence-corrected chi connectivity index (χ1v) is 10.8. The lowest BCUT2D eigenvalue weighted by Crippen LogP contribution is -2.36. The molecule has 1 aliphatic rings. The zero-order valence-corrected chi connectivity index (χ0v) is 17.6. The fourth-order valence-corrected chi connectivity index (χ4v) is 4.57. The largest absolute Gasteiger partial charge is 0.459 e. The molecule has 1 atom stereocenters. The van der Waals surface area contributed by atoms with Gasteiger partial charge in [0.2, 0.25) is 0 Å². The Kier molecular flexibility index (Phi) is 6.30. The van der Waals surface area contributed by atoms with E-state index in [0.29, 0.717) is 23.0 Å².